The van der Waals surface area contributed by atoms with E-state index in [-0.39, 0.29) is 11.6 Å². The lowest BCUT2D eigenvalue weighted by molar-refractivity contribution is -0.129. The molecule has 0 bridgehead atoms. The maximum absolute atomic E-state index is 12.6. The molecule has 0 saturated heterocycles. The van der Waals surface area contributed by atoms with E-state index in [0.717, 1.165) is 21.2 Å². The molecule has 0 saturated carbocycles. The summed E-state index contributed by atoms with van der Waals surface area (Å²) in [6.45, 7) is 3.91. The molecule has 2 heterocycles. The number of thiophene rings is 1. The Morgan fingerprint density at radius 2 is 1.82 bits per heavy atom. The second kappa shape index (κ2) is 8.89. The zero-order valence-electron chi connectivity index (χ0n) is 18.3. The van der Waals surface area contributed by atoms with Crippen molar-refractivity contribution in [3.05, 3.63) is 105 Å². The van der Waals surface area contributed by atoms with Crippen LogP contribution in [0.4, 0.5) is 0 Å². The molecule has 0 fully saturated rings. The van der Waals surface area contributed by atoms with Crippen LogP contribution in [-0.4, -0.2) is 17.8 Å². The third kappa shape index (κ3) is 4.25. The fraction of sp³-hybridized carbons (Fsp3) is 0.0741. The maximum atomic E-state index is 12.6. The zero-order valence-corrected chi connectivity index (χ0v) is 19.9. The Kier molecular flexibility index (Phi) is 5.77. The molecule has 0 spiro atoms. The zero-order chi connectivity index (χ0) is 23.8. The van der Waals surface area contributed by atoms with Gasteiger partial charge in [0.25, 0.3) is 0 Å². The summed E-state index contributed by atoms with van der Waals surface area (Å²) < 4.78 is 12.0. The molecule has 0 atom stereocenters. The molecule has 0 amide bonds. The Bertz CT molecular complexity index is 1530. The van der Waals surface area contributed by atoms with E-state index in [1.54, 1.807) is 48.5 Å². The van der Waals surface area contributed by atoms with Gasteiger partial charge in [-0.3, -0.25) is 0 Å². The van der Waals surface area contributed by atoms with Crippen LogP contribution in [0.1, 0.15) is 31.9 Å². The van der Waals surface area contributed by atoms with Gasteiger partial charge in [0, 0.05) is 15.6 Å². The molecule has 5 nitrogen and oxygen atoms in total. The highest BCUT2D eigenvalue weighted by Gasteiger charge is 2.28. The van der Waals surface area contributed by atoms with Crippen LogP contribution < -0.4 is 4.74 Å². The second-order valence-electron chi connectivity index (χ2n) is 7.88. The number of carbonyl (C=O) groups excluding carboxylic acids is 2. The summed E-state index contributed by atoms with van der Waals surface area (Å²) in [7, 11) is 0. The summed E-state index contributed by atoms with van der Waals surface area (Å²) in [5.41, 5.74) is 3.13. The predicted octanol–water partition coefficient (Wildman–Crippen LogP) is 6.74. The van der Waals surface area contributed by atoms with Crippen LogP contribution in [0.5, 0.6) is 5.75 Å². The van der Waals surface area contributed by atoms with Crippen LogP contribution in [0.3, 0.4) is 0 Å². The largest absolute Gasteiger partial charge is 0.422 e. The van der Waals surface area contributed by atoms with Gasteiger partial charge in [-0.25, -0.2) is 14.6 Å². The van der Waals surface area contributed by atoms with Gasteiger partial charge in [-0.2, -0.15) is 0 Å². The molecule has 0 N–H and O–H groups in total. The number of hydrogen-bond acceptors (Lipinski definition) is 6. The number of rotatable bonds is 4. The van der Waals surface area contributed by atoms with E-state index in [2.05, 4.69) is 4.99 Å². The van der Waals surface area contributed by atoms with Gasteiger partial charge in [-0.1, -0.05) is 59.6 Å². The number of cyclic esters (lactones) is 1. The fourth-order valence-corrected chi connectivity index (χ4v) is 5.12. The SMILES string of the molecule is Cc1cccc(C(=O)Oc2ccccc2/C=C2/N=C(c3sc4cc(C)ccc4c3Cl)OC2=O)c1. The highest BCUT2D eigenvalue weighted by Crippen LogP contribution is 2.38. The van der Waals surface area contributed by atoms with Gasteiger partial charge in [0.2, 0.25) is 5.90 Å². The van der Waals surface area contributed by atoms with Gasteiger partial charge in [0.1, 0.15) is 10.6 Å². The van der Waals surface area contributed by atoms with Crippen molar-refractivity contribution in [2.24, 2.45) is 4.99 Å². The van der Waals surface area contributed by atoms with Gasteiger partial charge in [-0.05, 0) is 49.8 Å². The van der Waals surface area contributed by atoms with Crippen LogP contribution >= 0.6 is 22.9 Å². The molecule has 0 radical (unpaired) electrons. The first-order valence-electron chi connectivity index (χ1n) is 10.5. The minimum absolute atomic E-state index is 0.0961. The summed E-state index contributed by atoms with van der Waals surface area (Å²) >= 11 is 7.98. The molecule has 34 heavy (non-hydrogen) atoms. The Hall–Kier alpha value is -3.74. The number of carbonyl (C=O) groups is 2. The number of fused-ring (bicyclic) bond motifs is 1. The van der Waals surface area contributed by atoms with Crippen molar-refractivity contribution in [2.45, 2.75) is 13.8 Å². The van der Waals surface area contributed by atoms with E-state index in [1.807, 2.05) is 38.1 Å². The molecule has 1 aromatic heterocycles. The molecular formula is C27H18ClNO4S. The number of benzene rings is 3. The van der Waals surface area contributed by atoms with Crippen molar-refractivity contribution < 1.29 is 19.1 Å². The van der Waals surface area contributed by atoms with Crippen molar-refractivity contribution in [1.82, 2.24) is 0 Å². The summed E-state index contributed by atoms with van der Waals surface area (Å²) in [4.78, 5) is 30.2. The molecule has 1 aliphatic rings. The second-order valence-corrected chi connectivity index (χ2v) is 9.31. The number of ether oxygens (including phenoxy) is 2. The summed E-state index contributed by atoms with van der Waals surface area (Å²) in [6, 6.07) is 20.0. The van der Waals surface area contributed by atoms with Crippen molar-refractivity contribution in [2.75, 3.05) is 0 Å². The fourth-order valence-electron chi connectivity index (χ4n) is 3.59. The van der Waals surface area contributed by atoms with Gasteiger partial charge >= 0.3 is 11.9 Å². The first-order chi connectivity index (χ1) is 16.4. The molecule has 5 rings (SSSR count). The molecular weight excluding hydrogens is 470 g/mol. The lowest BCUT2D eigenvalue weighted by Crippen LogP contribution is -2.09. The molecule has 0 aliphatic carbocycles. The minimum atomic E-state index is -0.598. The average Bonchev–Trinajstić information content (AvgIpc) is 3.34. The standard InChI is InChI=1S/C27H18ClNO4S/c1-15-6-5-8-18(12-15)26(30)32-21-9-4-3-7-17(21)14-20-27(31)33-25(29-20)24-23(28)19-11-10-16(2)13-22(19)34-24/h3-14H,1-2H3/b20-14+. The van der Waals surface area contributed by atoms with Crippen LogP contribution in [0.2, 0.25) is 5.02 Å². The average molecular weight is 488 g/mol. The van der Waals surface area contributed by atoms with E-state index < -0.39 is 11.9 Å². The molecule has 3 aromatic carbocycles. The molecule has 1 aliphatic heterocycles. The molecule has 168 valence electrons. The van der Waals surface area contributed by atoms with E-state index >= 15 is 0 Å². The van der Waals surface area contributed by atoms with Gasteiger partial charge < -0.3 is 9.47 Å². The van der Waals surface area contributed by atoms with Crippen molar-refractivity contribution >= 4 is 56.9 Å². The highest BCUT2D eigenvalue weighted by molar-refractivity contribution is 7.21. The molecule has 0 unspecified atom stereocenters. The van der Waals surface area contributed by atoms with Crippen molar-refractivity contribution in [1.29, 1.82) is 0 Å². The van der Waals surface area contributed by atoms with Gasteiger partial charge in [0.05, 0.1) is 10.6 Å². The third-order valence-corrected chi connectivity index (χ3v) is 6.91. The number of halogens is 1. The van der Waals surface area contributed by atoms with Crippen LogP contribution in [-0.2, 0) is 9.53 Å². The van der Waals surface area contributed by atoms with Gasteiger partial charge in [0.15, 0.2) is 5.70 Å². The van der Waals surface area contributed by atoms with Crippen molar-refractivity contribution in [3.8, 4) is 5.75 Å². The van der Waals surface area contributed by atoms with Crippen LogP contribution in [0.25, 0.3) is 16.2 Å². The number of para-hydroxylation sites is 1. The summed E-state index contributed by atoms with van der Waals surface area (Å²) in [5.74, 6) is -0.609. The number of aryl methyl sites for hydroxylation is 2. The minimum Gasteiger partial charge on any atom is -0.422 e. The Labute approximate surface area is 204 Å². The summed E-state index contributed by atoms with van der Waals surface area (Å²) in [5, 5.41) is 1.39. The summed E-state index contributed by atoms with van der Waals surface area (Å²) in [6.07, 6.45) is 1.54. The van der Waals surface area contributed by atoms with E-state index in [0.29, 0.717) is 26.8 Å². The predicted molar refractivity (Wildman–Crippen MR) is 135 cm³/mol. The topological polar surface area (TPSA) is 65.0 Å². The van der Waals surface area contributed by atoms with Crippen LogP contribution in [0, 0.1) is 13.8 Å². The normalized spacial score (nSPS) is 14.4. The molecule has 4 aromatic rings. The number of esters is 2. The Balaban J connectivity index is 1.47. The van der Waals surface area contributed by atoms with Crippen molar-refractivity contribution in [3.63, 3.8) is 0 Å². The monoisotopic (exact) mass is 487 g/mol. The highest BCUT2D eigenvalue weighted by atomic mass is 35.5. The maximum Gasteiger partial charge on any atom is 0.363 e. The quantitative estimate of drug-likeness (QED) is 0.182. The van der Waals surface area contributed by atoms with E-state index in [1.165, 1.54) is 11.3 Å². The van der Waals surface area contributed by atoms with E-state index in [4.69, 9.17) is 21.1 Å². The number of hydrogen-bond donors (Lipinski definition) is 0. The lowest BCUT2D eigenvalue weighted by atomic mass is 10.1. The Morgan fingerprint density at radius 1 is 1.03 bits per heavy atom. The third-order valence-electron chi connectivity index (χ3n) is 5.27. The first kappa shape index (κ1) is 22.1. The number of aliphatic imine (C=N–C) groups is 1. The van der Waals surface area contributed by atoms with Gasteiger partial charge in [-0.15, -0.1) is 11.3 Å². The smallest absolute Gasteiger partial charge is 0.363 e. The Morgan fingerprint density at radius 3 is 2.65 bits per heavy atom. The first-order valence-corrected chi connectivity index (χ1v) is 11.7. The van der Waals surface area contributed by atoms with Crippen LogP contribution in [0.15, 0.2) is 77.4 Å². The lowest BCUT2D eigenvalue weighted by Gasteiger charge is -2.08. The van der Waals surface area contributed by atoms with E-state index in [9.17, 15) is 9.59 Å². The number of nitrogens with zero attached hydrogens (tertiary/aromatic N) is 1. The molecule has 7 heteroatoms.